The van der Waals surface area contributed by atoms with Gasteiger partial charge in [0.25, 0.3) is 0 Å². The van der Waals surface area contributed by atoms with Crippen LogP contribution in [0.1, 0.15) is 44.0 Å². The highest BCUT2D eigenvalue weighted by atomic mass is 15.0. The van der Waals surface area contributed by atoms with Crippen LogP contribution in [0.4, 0.5) is 5.82 Å². The number of nitrogens with zero attached hydrogens (tertiary/aromatic N) is 2. The van der Waals surface area contributed by atoms with E-state index in [1.54, 1.807) is 0 Å². The van der Waals surface area contributed by atoms with E-state index < -0.39 is 0 Å². The Bertz CT molecular complexity index is 364. The third-order valence-corrected chi connectivity index (χ3v) is 4.00. The first-order valence-electron chi connectivity index (χ1n) is 6.19. The fraction of sp³-hybridized carbons (Fsp3) is 0.692. The lowest BCUT2D eigenvalue weighted by Gasteiger charge is -2.41. The monoisotopic (exact) mass is 219 g/mol. The Morgan fingerprint density at radius 2 is 2.06 bits per heavy atom. The van der Waals surface area contributed by atoms with Crippen LogP contribution in [-0.4, -0.2) is 16.5 Å². The van der Waals surface area contributed by atoms with Crippen molar-refractivity contribution in [3.63, 3.8) is 0 Å². The minimum absolute atomic E-state index is 0.528. The van der Waals surface area contributed by atoms with E-state index in [4.69, 9.17) is 0 Å². The van der Waals surface area contributed by atoms with E-state index in [0.717, 1.165) is 23.8 Å². The number of aryl methyl sites for hydroxylation is 2. The molecule has 0 aromatic carbocycles. The Labute approximate surface area is 97.7 Å². The van der Waals surface area contributed by atoms with Crippen molar-refractivity contribution in [1.29, 1.82) is 0 Å². The number of nitrogens with one attached hydrogen (secondary N) is 1. The molecular formula is C13H21N3. The van der Waals surface area contributed by atoms with Crippen molar-refractivity contribution >= 4 is 5.82 Å². The van der Waals surface area contributed by atoms with Crippen LogP contribution in [0.3, 0.4) is 0 Å². The zero-order chi connectivity index (χ0) is 11.6. The first kappa shape index (κ1) is 11.4. The molecule has 0 atom stereocenters. The number of hydrogen-bond acceptors (Lipinski definition) is 3. The highest BCUT2D eigenvalue weighted by molar-refractivity contribution is 5.33. The van der Waals surface area contributed by atoms with Gasteiger partial charge in [0.1, 0.15) is 5.82 Å². The van der Waals surface area contributed by atoms with Crippen LogP contribution in [0.5, 0.6) is 0 Å². The molecule has 1 aromatic rings. The molecule has 2 rings (SSSR count). The molecule has 1 fully saturated rings. The Kier molecular flexibility index (Phi) is 3.13. The van der Waals surface area contributed by atoms with Crippen molar-refractivity contribution < 1.29 is 0 Å². The van der Waals surface area contributed by atoms with E-state index in [1.165, 1.54) is 25.7 Å². The quantitative estimate of drug-likeness (QED) is 0.845. The molecule has 1 aromatic heterocycles. The van der Waals surface area contributed by atoms with Crippen LogP contribution in [-0.2, 0) is 0 Å². The van der Waals surface area contributed by atoms with Crippen LogP contribution in [0.25, 0.3) is 0 Å². The van der Waals surface area contributed by atoms with E-state index in [0.29, 0.717) is 5.41 Å². The molecule has 16 heavy (non-hydrogen) atoms. The van der Waals surface area contributed by atoms with E-state index in [9.17, 15) is 0 Å². The number of rotatable bonds is 4. The molecule has 0 saturated heterocycles. The number of anilines is 1. The van der Waals surface area contributed by atoms with Gasteiger partial charge in [0.15, 0.2) is 0 Å². The topological polar surface area (TPSA) is 37.8 Å². The van der Waals surface area contributed by atoms with Crippen LogP contribution < -0.4 is 5.32 Å². The summed E-state index contributed by atoms with van der Waals surface area (Å²) in [7, 11) is 0. The largest absolute Gasteiger partial charge is 0.368 e. The second-order valence-electron chi connectivity index (χ2n) is 4.99. The molecule has 0 radical (unpaired) electrons. The molecule has 1 heterocycles. The van der Waals surface area contributed by atoms with Crippen molar-refractivity contribution in [1.82, 2.24) is 9.97 Å². The van der Waals surface area contributed by atoms with Gasteiger partial charge in [-0.3, -0.25) is 4.98 Å². The van der Waals surface area contributed by atoms with Crippen molar-refractivity contribution in [2.45, 2.75) is 46.5 Å². The first-order valence-corrected chi connectivity index (χ1v) is 6.19. The summed E-state index contributed by atoms with van der Waals surface area (Å²) in [5.41, 5.74) is 2.56. The minimum atomic E-state index is 0.528. The molecule has 0 amide bonds. The predicted octanol–water partition coefficient (Wildman–Crippen LogP) is 3.09. The lowest BCUT2D eigenvalue weighted by molar-refractivity contribution is 0.145. The first-order chi connectivity index (χ1) is 7.65. The molecule has 1 aliphatic rings. The van der Waals surface area contributed by atoms with Crippen LogP contribution in [0, 0.1) is 19.3 Å². The van der Waals surface area contributed by atoms with Gasteiger partial charge in [0.05, 0.1) is 17.6 Å². The smallest absolute Gasteiger partial charge is 0.144 e. The summed E-state index contributed by atoms with van der Waals surface area (Å²) in [4.78, 5) is 8.82. The SMILES string of the molecule is CCC1(CNc2cnc(C)c(C)n2)CCC1. The Morgan fingerprint density at radius 1 is 1.31 bits per heavy atom. The standard InChI is InChI=1S/C13H21N3/c1-4-13(6-5-7-13)9-15-12-8-14-10(2)11(3)16-12/h8H,4-7,9H2,1-3H3,(H,15,16). The van der Waals surface area contributed by atoms with Gasteiger partial charge in [-0.1, -0.05) is 13.3 Å². The molecule has 3 nitrogen and oxygen atoms in total. The molecule has 1 N–H and O–H groups in total. The Morgan fingerprint density at radius 3 is 2.56 bits per heavy atom. The highest BCUT2D eigenvalue weighted by Crippen LogP contribution is 2.43. The zero-order valence-electron chi connectivity index (χ0n) is 10.5. The van der Waals surface area contributed by atoms with Crippen LogP contribution in [0.15, 0.2) is 6.20 Å². The van der Waals surface area contributed by atoms with Gasteiger partial charge in [0.2, 0.25) is 0 Å². The average molecular weight is 219 g/mol. The summed E-state index contributed by atoms with van der Waals surface area (Å²) < 4.78 is 0. The summed E-state index contributed by atoms with van der Waals surface area (Å²) in [6.07, 6.45) is 7.19. The fourth-order valence-corrected chi connectivity index (χ4v) is 2.24. The van der Waals surface area contributed by atoms with Crippen molar-refractivity contribution in [2.24, 2.45) is 5.41 Å². The molecular weight excluding hydrogens is 198 g/mol. The summed E-state index contributed by atoms with van der Waals surface area (Å²) in [6, 6.07) is 0. The van der Waals surface area contributed by atoms with Gasteiger partial charge >= 0.3 is 0 Å². The molecule has 3 heteroatoms. The van der Waals surface area contributed by atoms with E-state index >= 15 is 0 Å². The summed E-state index contributed by atoms with van der Waals surface area (Å²) >= 11 is 0. The molecule has 0 spiro atoms. The Balaban J connectivity index is 1.96. The minimum Gasteiger partial charge on any atom is -0.368 e. The molecule has 0 bridgehead atoms. The van der Waals surface area contributed by atoms with Gasteiger partial charge in [-0.15, -0.1) is 0 Å². The summed E-state index contributed by atoms with van der Waals surface area (Å²) in [5.74, 6) is 0.919. The molecule has 1 saturated carbocycles. The van der Waals surface area contributed by atoms with E-state index in [-0.39, 0.29) is 0 Å². The lowest BCUT2D eigenvalue weighted by atomic mass is 9.67. The van der Waals surface area contributed by atoms with E-state index in [2.05, 4.69) is 22.2 Å². The predicted molar refractivity (Wildman–Crippen MR) is 66.6 cm³/mol. The Hall–Kier alpha value is -1.12. The molecule has 0 unspecified atom stereocenters. The van der Waals surface area contributed by atoms with Crippen LogP contribution in [0.2, 0.25) is 0 Å². The molecule has 88 valence electrons. The van der Waals surface area contributed by atoms with Crippen molar-refractivity contribution in [2.75, 3.05) is 11.9 Å². The van der Waals surface area contributed by atoms with E-state index in [1.807, 2.05) is 20.0 Å². The maximum absolute atomic E-state index is 4.49. The normalized spacial score (nSPS) is 17.9. The maximum atomic E-state index is 4.49. The van der Waals surface area contributed by atoms with Gasteiger partial charge in [-0.2, -0.15) is 0 Å². The summed E-state index contributed by atoms with van der Waals surface area (Å²) in [5, 5.41) is 3.43. The zero-order valence-corrected chi connectivity index (χ0v) is 10.5. The maximum Gasteiger partial charge on any atom is 0.144 e. The molecule has 1 aliphatic carbocycles. The lowest BCUT2D eigenvalue weighted by Crippen LogP contribution is -2.36. The summed E-state index contributed by atoms with van der Waals surface area (Å²) in [6.45, 7) is 7.33. The van der Waals surface area contributed by atoms with Crippen molar-refractivity contribution in [3.8, 4) is 0 Å². The second kappa shape index (κ2) is 4.40. The average Bonchev–Trinajstić information content (AvgIpc) is 2.22. The van der Waals surface area contributed by atoms with Gasteiger partial charge in [-0.05, 0) is 38.5 Å². The third-order valence-electron chi connectivity index (χ3n) is 4.00. The van der Waals surface area contributed by atoms with Gasteiger partial charge < -0.3 is 5.32 Å². The second-order valence-corrected chi connectivity index (χ2v) is 4.99. The third kappa shape index (κ3) is 2.18. The number of hydrogen-bond donors (Lipinski definition) is 1. The molecule has 0 aliphatic heterocycles. The highest BCUT2D eigenvalue weighted by Gasteiger charge is 2.34. The van der Waals surface area contributed by atoms with Gasteiger partial charge in [0, 0.05) is 6.54 Å². The number of aromatic nitrogens is 2. The van der Waals surface area contributed by atoms with Gasteiger partial charge in [-0.25, -0.2) is 4.98 Å². The fourth-order valence-electron chi connectivity index (χ4n) is 2.24. The van der Waals surface area contributed by atoms with Crippen molar-refractivity contribution in [3.05, 3.63) is 17.6 Å². The van der Waals surface area contributed by atoms with Crippen LogP contribution >= 0.6 is 0 Å².